The van der Waals surface area contributed by atoms with Crippen molar-refractivity contribution >= 4 is 5.52 Å². The number of imidazole rings is 1. The van der Waals surface area contributed by atoms with E-state index in [2.05, 4.69) is 29.0 Å². The van der Waals surface area contributed by atoms with Crippen LogP contribution in [0.3, 0.4) is 0 Å². The van der Waals surface area contributed by atoms with Crippen LogP contribution in [0, 0.1) is 6.92 Å². The van der Waals surface area contributed by atoms with E-state index >= 15 is 0 Å². The predicted octanol–water partition coefficient (Wildman–Crippen LogP) is 2.48. The van der Waals surface area contributed by atoms with Crippen LogP contribution in [0.25, 0.3) is 5.52 Å². The minimum Gasteiger partial charge on any atom is -0.323 e. The Hall–Kier alpha value is -2.36. The van der Waals surface area contributed by atoms with Gasteiger partial charge in [0.05, 0.1) is 6.20 Å². The van der Waals surface area contributed by atoms with Gasteiger partial charge in [0.2, 0.25) is 0 Å². The number of hydrogen-bond acceptors (Lipinski definition) is 2. The van der Waals surface area contributed by atoms with Crippen molar-refractivity contribution in [3.8, 4) is 0 Å². The number of H-pyrrole nitrogens is 1. The van der Waals surface area contributed by atoms with Gasteiger partial charge in [0.25, 0.3) is 5.56 Å². The minimum absolute atomic E-state index is 0.0981. The third-order valence-electron chi connectivity index (χ3n) is 3.38. The van der Waals surface area contributed by atoms with Gasteiger partial charge in [0.15, 0.2) is 0 Å². The molecule has 3 rings (SSSR count). The number of benzene rings is 1. The van der Waals surface area contributed by atoms with Crippen molar-refractivity contribution < 1.29 is 0 Å². The van der Waals surface area contributed by atoms with Gasteiger partial charge in [-0.25, -0.2) is 4.98 Å². The molecule has 0 bridgehead atoms. The molecule has 4 nitrogen and oxygen atoms in total. The average Bonchev–Trinajstić information content (AvgIpc) is 2.83. The first-order valence-corrected chi connectivity index (χ1v) is 6.28. The molecule has 0 aliphatic heterocycles. The van der Waals surface area contributed by atoms with Crippen LogP contribution >= 0.6 is 0 Å². The molecule has 0 radical (unpaired) electrons. The maximum atomic E-state index is 11.9. The zero-order chi connectivity index (χ0) is 13.4. The molecule has 0 amide bonds. The fraction of sp³-hybridized carbons (Fsp3) is 0.200. The first-order chi connectivity index (χ1) is 9.16. The molecule has 19 heavy (non-hydrogen) atoms. The molecule has 0 aliphatic rings. The molecular weight excluding hydrogens is 238 g/mol. The third kappa shape index (κ3) is 1.95. The Balaban J connectivity index is 2.19. The van der Waals surface area contributed by atoms with Gasteiger partial charge in [-0.2, -0.15) is 0 Å². The average molecular weight is 253 g/mol. The molecule has 0 unspecified atom stereocenters. The highest BCUT2D eigenvalue weighted by atomic mass is 16.1. The summed E-state index contributed by atoms with van der Waals surface area (Å²) in [5, 5.41) is 0. The molecule has 1 atom stereocenters. The number of rotatable bonds is 2. The van der Waals surface area contributed by atoms with Crippen LogP contribution in [0.2, 0.25) is 0 Å². The van der Waals surface area contributed by atoms with Crippen molar-refractivity contribution in [2.45, 2.75) is 19.8 Å². The molecule has 4 heteroatoms. The van der Waals surface area contributed by atoms with Gasteiger partial charge in [0, 0.05) is 17.8 Å². The van der Waals surface area contributed by atoms with Crippen molar-refractivity contribution in [2.75, 3.05) is 0 Å². The lowest BCUT2D eigenvalue weighted by molar-refractivity contribution is 0.804. The molecule has 0 saturated carbocycles. The lowest BCUT2D eigenvalue weighted by Gasteiger charge is -2.11. The van der Waals surface area contributed by atoms with Gasteiger partial charge in [-0.15, -0.1) is 0 Å². The number of hydrogen-bond donors (Lipinski definition) is 1. The van der Waals surface area contributed by atoms with Crippen LogP contribution < -0.4 is 5.56 Å². The van der Waals surface area contributed by atoms with Crippen molar-refractivity contribution in [3.05, 3.63) is 70.2 Å². The van der Waals surface area contributed by atoms with Crippen molar-refractivity contribution in [1.29, 1.82) is 0 Å². The van der Waals surface area contributed by atoms with Crippen LogP contribution in [-0.4, -0.2) is 14.4 Å². The molecule has 0 fully saturated rings. The lowest BCUT2D eigenvalue weighted by atomic mass is 10.0. The lowest BCUT2D eigenvalue weighted by Crippen LogP contribution is -2.12. The fourth-order valence-electron chi connectivity index (χ4n) is 2.36. The highest BCUT2D eigenvalue weighted by molar-refractivity contribution is 5.45. The molecule has 1 N–H and O–H groups in total. The Morgan fingerprint density at radius 1 is 1.26 bits per heavy atom. The summed E-state index contributed by atoms with van der Waals surface area (Å²) in [6.07, 6.45) is 3.55. The smallest absolute Gasteiger partial charge is 0.274 e. The first kappa shape index (κ1) is 11.7. The van der Waals surface area contributed by atoms with Crippen molar-refractivity contribution in [1.82, 2.24) is 14.4 Å². The second-order valence-corrected chi connectivity index (χ2v) is 4.77. The molecule has 1 aromatic carbocycles. The van der Waals surface area contributed by atoms with Gasteiger partial charge in [-0.3, -0.25) is 9.20 Å². The van der Waals surface area contributed by atoms with E-state index in [4.69, 9.17) is 0 Å². The summed E-state index contributed by atoms with van der Waals surface area (Å²) in [5.74, 6) is 1.03. The second kappa shape index (κ2) is 4.39. The fourth-order valence-corrected chi connectivity index (χ4v) is 2.36. The van der Waals surface area contributed by atoms with Gasteiger partial charge >= 0.3 is 0 Å². The van der Waals surface area contributed by atoms with Crippen LogP contribution in [0.5, 0.6) is 0 Å². The van der Waals surface area contributed by atoms with Gasteiger partial charge in [-0.1, -0.05) is 37.3 Å². The normalized spacial score (nSPS) is 12.7. The summed E-state index contributed by atoms with van der Waals surface area (Å²) in [7, 11) is 0. The molecule has 0 spiro atoms. The Kier molecular flexibility index (Phi) is 2.71. The van der Waals surface area contributed by atoms with Crippen molar-refractivity contribution in [2.24, 2.45) is 0 Å². The number of nitrogens with zero attached hydrogens (tertiary/aromatic N) is 2. The molecule has 3 aromatic rings. The van der Waals surface area contributed by atoms with E-state index in [1.807, 2.05) is 35.7 Å². The topological polar surface area (TPSA) is 50.2 Å². The van der Waals surface area contributed by atoms with E-state index in [1.165, 1.54) is 5.56 Å². The standard InChI is InChI=1S/C15H15N3O/c1-10-9-18-13(15(19)17-10)8-16-14(18)11(2)12-6-4-3-5-7-12/h3-9,11H,1-2H3,(H,17,19)/t11-/m0/s1. The van der Waals surface area contributed by atoms with E-state index in [1.54, 1.807) is 6.20 Å². The van der Waals surface area contributed by atoms with Crippen LogP contribution in [0.15, 0.2) is 47.5 Å². The zero-order valence-electron chi connectivity index (χ0n) is 10.9. The summed E-state index contributed by atoms with van der Waals surface area (Å²) < 4.78 is 1.88. The molecule has 96 valence electrons. The van der Waals surface area contributed by atoms with Gasteiger partial charge in [0.1, 0.15) is 11.3 Å². The first-order valence-electron chi connectivity index (χ1n) is 6.28. The summed E-state index contributed by atoms with van der Waals surface area (Å²) in [4.78, 5) is 19.1. The van der Waals surface area contributed by atoms with Crippen LogP contribution in [0.1, 0.15) is 29.9 Å². The molecule has 2 aromatic heterocycles. The maximum absolute atomic E-state index is 11.9. The van der Waals surface area contributed by atoms with Gasteiger partial charge in [-0.05, 0) is 12.5 Å². The number of fused-ring (bicyclic) bond motifs is 1. The molecule has 0 aliphatic carbocycles. The Labute approximate surface area is 110 Å². The maximum Gasteiger partial charge on any atom is 0.274 e. The van der Waals surface area contributed by atoms with E-state index in [9.17, 15) is 4.79 Å². The Morgan fingerprint density at radius 3 is 2.74 bits per heavy atom. The molecular formula is C15H15N3O. The third-order valence-corrected chi connectivity index (χ3v) is 3.38. The molecule has 2 heterocycles. The number of aromatic amines is 1. The van der Waals surface area contributed by atoms with E-state index < -0.39 is 0 Å². The largest absolute Gasteiger partial charge is 0.323 e. The Bertz CT molecular complexity index is 771. The van der Waals surface area contributed by atoms with E-state index in [-0.39, 0.29) is 11.5 Å². The van der Waals surface area contributed by atoms with Crippen LogP contribution in [-0.2, 0) is 0 Å². The number of aryl methyl sites for hydroxylation is 1. The number of aromatic nitrogens is 3. The zero-order valence-corrected chi connectivity index (χ0v) is 10.9. The monoisotopic (exact) mass is 253 g/mol. The summed E-state index contributed by atoms with van der Waals surface area (Å²) >= 11 is 0. The highest BCUT2D eigenvalue weighted by Gasteiger charge is 2.15. The SMILES string of the molecule is Cc1cn2c([C@@H](C)c3ccccc3)ncc2c(=O)[nH]1. The van der Waals surface area contributed by atoms with E-state index in [0.29, 0.717) is 5.52 Å². The highest BCUT2D eigenvalue weighted by Crippen LogP contribution is 2.22. The summed E-state index contributed by atoms with van der Waals surface area (Å²) in [6.45, 7) is 3.97. The summed E-state index contributed by atoms with van der Waals surface area (Å²) in [6, 6.07) is 10.2. The van der Waals surface area contributed by atoms with E-state index in [0.717, 1.165) is 11.5 Å². The van der Waals surface area contributed by atoms with Crippen LogP contribution in [0.4, 0.5) is 0 Å². The Morgan fingerprint density at radius 2 is 2.00 bits per heavy atom. The minimum atomic E-state index is -0.0981. The van der Waals surface area contributed by atoms with Gasteiger partial charge < -0.3 is 4.98 Å². The number of nitrogens with one attached hydrogen (secondary N) is 1. The van der Waals surface area contributed by atoms with Crippen molar-refractivity contribution in [3.63, 3.8) is 0 Å². The second-order valence-electron chi connectivity index (χ2n) is 4.77. The summed E-state index contributed by atoms with van der Waals surface area (Å²) in [5.41, 5.74) is 2.51. The quantitative estimate of drug-likeness (QED) is 0.762. The predicted molar refractivity (Wildman–Crippen MR) is 74.5 cm³/mol. The molecule has 0 saturated heterocycles.